The Kier molecular flexibility index (Phi) is 6.82. The van der Waals surface area contributed by atoms with Crippen molar-refractivity contribution in [3.05, 3.63) is 101 Å². The van der Waals surface area contributed by atoms with E-state index in [0.717, 1.165) is 22.4 Å². The third-order valence-corrected chi connectivity index (χ3v) is 5.20. The number of benzene rings is 3. The predicted octanol–water partition coefficient (Wildman–Crippen LogP) is 5.04. The van der Waals surface area contributed by atoms with Gasteiger partial charge in [-0.25, -0.2) is 0 Å². The number of halogens is 1. The monoisotopic (exact) mass is 447 g/mol. The molecular formula is C25H22ClN3O3. The molecule has 1 unspecified atom stereocenters. The lowest BCUT2D eigenvalue weighted by Gasteiger charge is -2.15. The molecule has 3 aromatic carbocycles. The maximum atomic E-state index is 12.8. The van der Waals surface area contributed by atoms with E-state index in [1.807, 2.05) is 66.7 Å². The standard InChI is InChI=1S/C25H22ClN3O3/c1-31-21-12-10-18(11-13-21)15-23(30)27-22(14-17-6-3-2-4-7-17)25-28-24(29-32-25)19-8-5-9-20(26)16-19/h2-13,16,22H,14-15H2,1H3,(H,27,30). The Morgan fingerprint density at radius 3 is 2.53 bits per heavy atom. The summed E-state index contributed by atoms with van der Waals surface area (Å²) in [5.41, 5.74) is 2.67. The van der Waals surface area contributed by atoms with Gasteiger partial charge in [-0.2, -0.15) is 4.98 Å². The lowest BCUT2D eigenvalue weighted by Crippen LogP contribution is -2.31. The fourth-order valence-corrected chi connectivity index (χ4v) is 3.54. The highest BCUT2D eigenvalue weighted by Crippen LogP contribution is 2.24. The number of nitrogens with one attached hydrogen (secondary N) is 1. The predicted molar refractivity (Wildman–Crippen MR) is 122 cm³/mol. The van der Waals surface area contributed by atoms with Crippen molar-refractivity contribution >= 4 is 17.5 Å². The number of carbonyl (C=O) groups excluding carboxylic acids is 1. The van der Waals surface area contributed by atoms with Gasteiger partial charge in [0.15, 0.2) is 0 Å². The van der Waals surface area contributed by atoms with Crippen LogP contribution in [0.1, 0.15) is 23.1 Å². The third-order valence-electron chi connectivity index (χ3n) is 4.96. The molecular weight excluding hydrogens is 426 g/mol. The summed E-state index contributed by atoms with van der Waals surface area (Å²) in [6.45, 7) is 0. The highest BCUT2D eigenvalue weighted by atomic mass is 35.5. The van der Waals surface area contributed by atoms with Crippen molar-refractivity contribution in [3.63, 3.8) is 0 Å². The molecule has 6 nitrogen and oxygen atoms in total. The quantitative estimate of drug-likeness (QED) is 0.409. The highest BCUT2D eigenvalue weighted by Gasteiger charge is 2.22. The van der Waals surface area contributed by atoms with Gasteiger partial charge in [0.25, 0.3) is 0 Å². The van der Waals surface area contributed by atoms with Crippen molar-refractivity contribution in [3.8, 4) is 17.1 Å². The molecule has 0 fully saturated rings. The summed E-state index contributed by atoms with van der Waals surface area (Å²) >= 11 is 6.09. The Bertz CT molecular complexity index is 1180. The molecule has 0 aliphatic rings. The topological polar surface area (TPSA) is 77.2 Å². The van der Waals surface area contributed by atoms with Crippen molar-refractivity contribution < 1.29 is 14.1 Å². The summed E-state index contributed by atoms with van der Waals surface area (Å²) in [5, 5.41) is 7.72. The van der Waals surface area contributed by atoms with Gasteiger partial charge in [0, 0.05) is 17.0 Å². The van der Waals surface area contributed by atoms with E-state index in [1.165, 1.54) is 0 Å². The number of aromatic nitrogens is 2. The van der Waals surface area contributed by atoms with Crippen LogP contribution in [0, 0.1) is 0 Å². The van der Waals surface area contributed by atoms with Crippen molar-refractivity contribution in [2.75, 3.05) is 7.11 Å². The number of carbonyl (C=O) groups is 1. The van der Waals surface area contributed by atoms with Crippen LogP contribution in [0.15, 0.2) is 83.4 Å². The molecule has 4 rings (SSSR count). The summed E-state index contributed by atoms with van der Waals surface area (Å²) in [6.07, 6.45) is 0.747. The first-order valence-electron chi connectivity index (χ1n) is 10.2. The van der Waals surface area contributed by atoms with E-state index in [-0.39, 0.29) is 12.3 Å². The van der Waals surface area contributed by atoms with Crippen LogP contribution in [-0.2, 0) is 17.6 Å². The van der Waals surface area contributed by atoms with Crippen molar-refractivity contribution in [1.82, 2.24) is 15.5 Å². The summed E-state index contributed by atoms with van der Waals surface area (Å²) in [6, 6.07) is 24.0. The molecule has 4 aromatic rings. The van der Waals surface area contributed by atoms with Crippen LogP contribution in [0.25, 0.3) is 11.4 Å². The first-order valence-corrected chi connectivity index (χ1v) is 10.5. The van der Waals surface area contributed by atoms with Gasteiger partial charge in [0.05, 0.1) is 13.5 Å². The van der Waals surface area contributed by atoms with Gasteiger partial charge in [-0.15, -0.1) is 0 Å². The minimum Gasteiger partial charge on any atom is -0.497 e. The maximum Gasteiger partial charge on any atom is 0.249 e. The largest absolute Gasteiger partial charge is 0.497 e. The molecule has 1 amide bonds. The van der Waals surface area contributed by atoms with E-state index >= 15 is 0 Å². The van der Waals surface area contributed by atoms with Crippen molar-refractivity contribution in [2.24, 2.45) is 0 Å². The summed E-state index contributed by atoms with van der Waals surface area (Å²) in [7, 11) is 1.61. The zero-order valence-electron chi connectivity index (χ0n) is 17.5. The molecule has 1 N–H and O–H groups in total. The smallest absolute Gasteiger partial charge is 0.249 e. The second-order valence-corrected chi connectivity index (χ2v) is 7.74. The molecule has 0 spiro atoms. The Morgan fingerprint density at radius 1 is 1.03 bits per heavy atom. The van der Waals surface area contributed by atoms with E-state index in [2.05, 4.69) is 15.5 Å². The summed E-state index contributed by atoms with van der Waals surface area (Å²) < 4.78 is 10.7. The molecule has 162 valence electrons. The minimum absolute atomic E-state index is 0.140. The zero-order valence-corrected chi connectivity index (χ0v) is 18.3. The van der Waals surface area contributed by atoms with Gasteiger partial charge in [0.1, 0.15) is 11.8 Å². The van der Waals surface area contributed by atoms with E-state index < -0.39 is 6.04 Å². The number of hydrogen-bond donors (Lipinski definition) is 1. The van der Waals surface area contributed by atoms with Crippen LogP contribution in [0.5, 0.6) is 5.75 Å². The van der Waals surface area contributed by atoms with Gasteiger partial charge in [-0.1, -0.05) is 71.4 Å². The molecule has 0 radical (unpaired) electrons. The molecule has 1 atom stereocenters. The van der Waals surface area contributed by atoms with E-state index in [4.69, 9.17) is 20.9 Å². The average molecular weight is 448 g/mol. The van der Waals surface area contributed by atoms with Crippen LogP contribution >= 0.6 is 11.6 Å². The van der Waals surface area contributed by atoms with E-state index in [0.29, 0.717) is 23.2 Å². The summed E-state index contributed by atoms with van der Waals surface area (Å²) in [4.78, 5) is 17.3. The Balaban J connectivity index is 1.54. The SMILES string of the molecule is COc1ccc(CC(=O)NC(Cc2ccccc2)c2nc(-c3cccc(Cl)c3)no2)cc1. The molecule has 1 aromatic heterocycles. The van der Waals surface area contributed by atoms with Crippen molar-refractivity contribution in [1.29, 1.82) is 0 Å². The lowest BCUT2D eigenvalue weighted by molar-refractivity contribution is -0.121. The van der Waals surface area contributed by atoms with Gasteiger partial charge >= 0.3 is 0 Å². The number of rotatable bonds is 8. The molecule has 7 heteroatoms. The van der Waals surface area contributed by atoms with E-state index in [9.17, 15) is 4.79 Å². The highest BCUT2D eigenvalue weighted by molar-refractivity contribution is 6.30. The van der Waals surface area contributed by atoms with Gasteiger partial charge in [-0.05, 0) is 35.4 Å². The fraction of sp³-hybridized carbons (Fsp3) is 0.160. The summed E-state index contributed by atoms with van der Waals surface area (Å²) in [5.74, 6) is 1.37. The Morgan fingerprint density at radius 2 is 1.81 bits per heavy atom. The minimum atomic E-state index is -0.469. The second-order valence-electron chi connectivity index (χ2n) is 7.30. The van der Waals surface area contributed by atoms with Crippen LogP contribution in [0.4, 0.5) is 0 Å². The zero-order chi connectivity index (χ0) is 22.3. The normalized spacial score (nSPS) is 11.7. The Labute approximate surface area is 191 Å². The van der Waals surface area contributed by atoms with Gasteiger partial charge < -0.3 is 14.6 Å². The number of amides is 1. The van der Waals surface area contributed by atoms with Crippen LogP contribution < -0.4 is 10.1 Å². The molecule has 1 heterocycles. The molecule has 0 aliphatic carbocycles. The Hall–Kier alpha value is -3.64. The number of nitrogens with zero attached hydrogens (tertiary/aromatic N) is 2. The van der Waals surface area contributed by atoms with Gasteiger partial charge in [0.2, 0.25) is 17.6 Å². The number of hydrogen-bond acceptors (Lipinski definition) is 5. The number of ether oxygens (including phenoxy) is 1. The number of methoxy groups -OCH3 is 1. The average Bonchev–Trinajstić information content (AvgIpc) is 3.30. The third kappa shape index (κ3) is 5.53. The van der Waals surface area contributed by atoms with Crippen LogP contribution in [0.3, 0.4) is 0 Å². The molecule has 0 bridgehead atoms. The van der Waals surface area contributed by atoms with Gasteiger partial charge in [-0.3, -0.25) is 4.79 Å². The first-order chi connectivity index (χ1) is 15.6. The van der Waals surface area contributed by atoms with E-state index in [1.54, 1.807) is 19.2 Å². The lowest BCUT2D eigenvalue weighted by atomic mass is 10.0. The molecule has 0 aliphatic heterocycles. The molecule has 32 heavy (non-hydrogen) atoms. The molecule has 0 saturated heterocycles. The van der Waals surface area contributed by atoms with Crippen LogP contribution in [-0.4, -0.2) is 23.2 Å². The molecule has 0 saturated carbocycles. The first kappa shape index (κ1) is 21.6. The van der Waals surface area contributed by atoms with Crippen LogP contribution in [0.2, 0.25) is 5.02 Å². The van der Waals surface area contributed by atoms with Crippen molar-refractivity contribution in [2.45, 2.75) is 18.9 Å². The second kappa shape index (κ2) is 10.1. The fourth-order valence-electron chi connectivity index (χ4n) is 3.35. The maximum absolute atomic E-state index is 12.8.